The van der Waals surface area contributed by atoms with E-state index in [4.69, 9.17) is 14.2 Å². The minimum Gasteiger partial charge on any atom is -0.496 e. The Bertz CT molecular complexity index is 1420. The molecule has 0 atom stereocenters. The second-order valence-electron chi connectivity index (χ2n) is 11.1. The highest BCUT2D eigenvalue weighted by Gasteiger charge is 2.31. The van der Waals surface area contributed by atoms with Crippen molar-refractivity contribution in [2.24, 2.45) is 4.99 Å². The summed E-state index contributed by atoms with van der Waals surface area (Å²) in [6.07, 6.45) is -6.14. The summed E-state index contributed by atoms with van der Waals surface area (Å²) in [7, 11) is 1.32. The molecule has 220 valence electrons. The molecule has 0 aliphatic heterocycles. The number of nitrogens with one attached hydrogen (secondary N) is 2. The molecule has 3 aromatic rings. The first-order chi connectivity index (χ1) is 19.0. The van der Waals surface area contributed by atoms with Gasteiger partial charge in [0.25, 0.3) is 0 Å². The summed E-state index contributed by atoms with van der Waals surface area (Å²) >= 11 is 0. The molecule has 3 aromatic carbocycles. The minimum absolute atomic E-state index is 0.0336. The van der Waals surface area contributed by atoms with Crippen LogP contribution >= 0.6 is 0 Å². The summed E-state index contributed by atoms with van der Waals surface area (Å²) < 4.78 is 55.7. The van der Waals surface area contributed by atoms with Crippen LogP contribution in [0.5, 0.6) is 5.75 Å². The molecule has 0 saturated heterocycles. The van der Waals surface area contributed by atoms with E-state index in [1.165, 1.54) is 13.2 Å². The number of nitrogens with zero attached hydrogens (tertiary/aromatic N) is 1. The van der Waals surface area contributed by atoms with Gasteiger partial charge in [0.2, 0.25) is 5.96 Å². The molecular weight excluding hydrogens is 539 g/mol. The lowest BCUT2D eigenvalue weighted by Gasteiger charge is -2.22. The predicted molar refractivity (Wildman–Crippen MR) is 151 cm³/mol. The monoisotopic (exact) mass is 573 g/mol. The van der Waals surface area contributed by atoms with Crippen LogP contribution in [-0.2, 0) is 22.2 Å². The molecule has 2 amide bonds. The standard InChI is InChI=1S/C30H34F3N3O5/c1-28(2,3)40-26(37)35-25(36-27(38)41-29(4,5)6)34-17-18-10-8-12-21-20(18)11-9-13-22(21)23-15-14-19(30(31,32)33)16-24(23)39-7/h8-16H,17H2,1-7H3,(H2,34,35,36,37,38). The number of alkyl halides is 3. The topological polar surface area (TPSA) is 98.3 Å². The highest BCUT2D eigenvalue weighted by molar-refractivity contribution is 6.02. The highest BCUT2D eigenvalue weighted by atomic mass is 19.4. The molecular formula is C30H34F3N3O5. The summed E-state index contributed by atoms with van der Waals surface area (Å²) in [6.45, 7) is 10.2. The lowest BCUT2D eigenvalue weighted by atomic mass is 9.94. The third-order valence-corrected chi connectivity index (χ3v) is 5.48. The Balaban J connectivity index is 2.00. The second kappa shape index (κ2) is 12.1. The Morgan fingerprint density at radius 1 is 0.780 bits per heavy atom. The van der Waals surface area contributed by atoms with Crippen molar-refractivity contribution in [3.8, 4) is 16.9 Å². The molecule has 0 fully saturated rings. The molecule has 0 bridgehead atoms. The number of aliphatic imine (C=N–C) groups is 1. The normalized spacial score (nSPS) is 12.0. The lowest BCUT2D eigenvalue weighted by molar-refractivity contribution is -0.137. The summed E-state index contributed by atoms with van der Waals surface area (Å²) in [5.41, 5.74) is -0.497. The molecule has 0 aliphatic rings. The van der Waals surface area contributed by atoms with E-state index in [-0.39, 0.29) is 18.3 Å². The van der Waals surface area contributed by atoms with Gasteiger partial charge in [0.15, 0.2) is 0 Å². The van der Waals surface area contributed by atoms with E-state index in [0.29, 0.717) is 11.1 Å². The molecule has 0 saturated carbocycles. The molecule has 0 heterocycles. The van der Waals surface area contributed by atoms with Crippen molar-refractivity contribution in [3.05, 3.63) is 65.7 Å². The molecule has 0 unspecified atom stereocenters. The van der Waals surface area contributed by atoms with Gasteiger partial charge < -0.3 is 14.2 Å². The number of rotatable bonds is 4. The number of amides is 2. The fourth-order valence-electron chi connectivity index (χ4n) is 3.91. The molecule has 41 heavy (non-hydrogen) atoms. The Kier molecular flexibility index (Phi) is 9.20. The number of fused-ring (bicyclic) bond motifs is 1. The zero-order chi connectivity index (χ0) is 30.6. The van der Waals surface area contributed by atoms with Gasteiger partial charge >= 0.3 is 18.4 Å². The predicted octanol–water partition coefficient (Wildman–Crippen LogP) is 7.44. The van der Waals surface area contributed by atoms with E-state index < -0.39 is 35.1 Å². The van der Waals surface area contributed by atoms with Crippen molar-refractivity contribution in [2.75, 3.05) is 7.11 Å². The number of benzene rings is 3. The summed E-state index contributed by atoms with van der Waals surface area (Å²) in [5, 5.41) is 6.41. The molecule has 2 N–H and O–H groups in total. The first kappa shape index (κ1) is 31.3. The average molecular weight is 574 g/mol. The first-order valence-corrected chi connectivity index (χ1v) is 12.8. The zero-order valence-corrected chi connectivity index (χ0v) is 24.0. The Labute approximate surface area is 236 Å². The number of halogens is 3. The Morgan fingerprint density at radius 3 is 1.88 bits per heavy atom. The van der Waals surface area contributed by atoms with Gasteiger partial charge in [-0.3, -0.25) is 10.6 Å². The van der Waals surface area contributed by atoms with Crippen molar-refractivity contribution in [3.63, 3.8) is 0 Å². The maximum atomic E-state index is 13.3. The van der Waals surface area contributed by atoms with E-state index in [1.807, 2.05) is 18.2 Å². The third-order valence-electron chi connectivity index (χ3n) is 5.48. The molecule has 8 nitrogen and oxygen atoms in total. The van der Waals surface area contributed by atoms with Crippen LogP contribution in [0.15, 0.2) is 59.6 Å². The van der Waals surface area contributed by atoms with Crippen molar-refractivity contribution < 1.29 is 37.0 Å². The van der Waals surface area contributed by atoms with E-state index in [0.717, 1.165) is 28.5 Å². The average Bonchev–Trinajstić information content (AvgIpc) is 2.83. The van der Waals surface area contributed by atoms with Gasteiger partial charge in [-0.2, -0.15) is 13.2 Å². The summed E-state index contributed by atoms with van der Waals surface area (Å²) in [4.78, 5) is 29.2. The second-order valence-corrected chi connectivity index (χ2v) is 11.1. The number of alkyl carbamates (subject to hydrolysis) is 2. The number of carbonyl (C=O) groups excluding carboxylic acids is 2. The van der Waals surface area contributed by atoms with Crippen LogP contribution in [0.1, 0.15) is 52.7 Å². The Hall–Kier alpha value is -4.28. The maximum absolute atomic E-state index is 13.3. The Morgan fingerprint density at radius 2 is 1.34 bits per heavy atom. The number of guanidine groups is 1. The largest absolute Gasteiger partial charge is 0.496 e. The minimum atomic E-state index is -4.51. The van der Waals surface area contributed by atoms with Crippen LogP contribution in [0.4, 0.5) is 22.8 Å². The van der Waals surface area contributed by atoms with Crippen molar-refractivity contribution in [1.29, 1.82) is 0 Å². The van der Waals surface area contributed by atoms with E-state index >= 15 is 0 Å². The molecule has 0 aliphatic carbocycles. The van der Waals surface area contributed by atoms with Gasteiger partial charge in [-0.1, -0.05) is 42.5 Å². The lowest BCUT2D eigenvalue weighted by Crippen LogP contribution is -2.47. The molecule has 0 spiro atoms. The molecule has 11 heteroatoms. The van der Waals surface area contributed by atoms with Gasteiger partial charge in [0, 0.05) is 5.56 Å². The molecule has 0 radical (unpaired) electrons. The SMILES string of the molecule is COc1cc(C(F)(F)F)ccc1-c1cccc2c(CN=C(NC(=O)OC(C)(C)C)NC(=O)OC(C)(C)C)cccc12. The number of hydrogen-bond acceptors (Lipinski definition) is 6. The molecule has 0 aromatic heterocycles. The molecule has 3 rings (SSSR count). The maximum Gasteiger partial charge on any atom is 0.416 e. The van der Waals surface area contributed by atoms with Gasteiger partial charge in [-0.25, -0.2) is 14.6 Å². The van der Waals surface area contributed by atoms with E-state index in [1.54, 1.807) is 59.7 Å². The quantitative estimate of drug-likeness (QED) is 0.250. The van der Waals surface area contributed by atoms with Gasteiger partial charge in [0.05, 0.1) is 19.2 Å². The smallest absolute Gasteiger partial charge is 0.416 e. The van der Waals surface area contributed by atoms with E-state index in [9.17, 15) is 22.8 Å². The summed E-state index contributed by atoms with van der Waals surface area (Å²) in [5.74, 6) is -0.0905. The highest BCUT2D eigenvalue weighted by Crippen LogP contribution is 2.40. The van der Waals surface area contributed by atoms with Crippen LogP contribution in [0.2, 0.25) is 0 Å². The van der Waals surface area contributed by atoms with Crippen LogP contribution < -0.4 is 15.4 Å². The van der Waals surface area contributed by atoms with Gasteiger partial charge in [-0.05, 0) is 75.6 Å². The number of carbonyl (C=O) groups is 2. The van der Waals surface area contributed by atoms with Gasteiger partial charge in [-0.15, -0.1) is 0 Å². The first-order valence-electron chi connectivity index (χ1n) is 12.8. The van der Waals surface area contributed by atoms with Crippen LogP contribution in [-0.4, -0.2) is 36.5 Å². The fraction of sp³-hybridized carbons (Fsp3) is 0.367. The number of ether oxygens (including phenoxy) is 3. The van der Waals surface area contributed by atoms with Crippen LogP contribution in [0.3, 0.4) is 0 Å². The fourth-order valence-corrected chi connectivity index (χ4v) is 3.91. The van der Waals surface area contributed by atoms with Crippen LogP contribution in [0, 0.1) is 0 Å². The van der Waals surface area contributed by atoms with E-state index in [2.05, 4.69) is 15.6 Å². The number of hydrogen-bond donors (Lipinski definition) is 2. The number of methoxy groups -OCH3 is 1. The zero-order valence-electron chi connectivity index (χ0n) is 24.0. The summed E-state index contributed by atoms with van der Waals surface area (Å²) in [6, 6.07) is 14.2. The van der Waals surface area contributed by atoms with Crippen LogP contribution in [0.25, 0.3) is 21.9 Å². The van der Waals surface area contributed by atoms with Crippen molar-refractivity contribution in [2.45, 2.75) is 65.5 Å². The van der Waals surface area contributed by atoms with Crippen molar-refractivity contribution in [1.82, 2.24) is 10.6 Å². The van der Waals surface area contributed by atoms with Gasteiger partial charge in [0.1, 0.15) is 17.0 Å². The van der Waals surface area contributed by atoms with Crippen molar-refractivity contribution >= 4 is 28.9 Å². The third kappa shape index (κ3) is 8.86.